The molecule has 1 fully saturated rings. The standard InChI is InChI=1S/C15H25N3O2/c1-10(2)13-16-7-8-18(13)11(3)9-15(4,14(19)20)17-12-5-6-12/h7-8,10-12,17H,5-6,9H2,1-4H3,(H,19,20). The molecule has 0 saturated heterocycles. The van der Waals surface area contributed by atoms with E-state index in [0.717, 1.165) is 18.7 Å². The number of nitrogens with zero attached hydrogens (tertiary/aromatic N) is 2. The first-order valence-corrected chi connectivity index (χ1v) is 7.37. The third-order valence-corrected chi connectivity index (χ3v) is 3.97. The number of carboxylic acids is 1. The number of imidazole rings is 1. The minimum Gasteiger partial charge on any atom is -0.480 e. The summed E-state index contributed by atoms with van der Waals surface area (Å²) in [4.78, 5) is 16.0. The summed E-state index contributed by atoms with van der Waals surface area (Å²) in [6.07, 6.45) is 6.45. The van der Waals surface area contributed by atoms with Gasteiger partial charge in [0, 0.05) is 30.4 Å². The van der Waals surface area contributed by atoms with Crippen molar-refractivity contribution in [3.63, 3.8) is 0 Å². The van der Waals surface area contributed by atoms with E-state index in [-0.39, 0.29) is 6.04 Å². The molecule has 0 radical (unpaired) electrons. The van der Waals surface area contributed by atoms with Gasteiger partial charge in [-0.3, -0.25) is 10.1 Å². The second kappa shape index (κ2) is 5.56. The molecule has 0 amide bonds. The normalized spacial score (nSPS) is 19.9. The highest BCUT2D eigenvalue weighted by atomic mass is 16.4. The van der Waals surface area contributed by atoms with Gasteiger partial charge in [-0.25, -0.2) is 4.98 Å². The van der Waals surface area contributed by atoms with Gasteiger partial charge < -0.3 is 9.67 Å². The molecule has 0 spiro atoms. The quantitative estimate of drug-likeness (QED) is 0.805. The molecule has 0 aromatic carbocycles. The fourth-order valence-electron chi connectivity index (χ4n) is 2.72. The highest BCUT2D eigenvalue weighted by molar-refractivity contribution is 5.78. The first kappa shape index (κ1) is 15.0. The van der Waals surface area contributed by atoms with Crippen molar-refractivity contribution in [2.24, 2.45) is 0 Å². The molecule has 2 unspecified atom stereocenters. The number of hydrogen-bond acceptors (Lipinski definition) is 3. The molecule has 0 aliphatic heterocycles. The lowest BCUT2D eigenvalue weighted by atomic mass is 9.93. The second-order valence-corrected chi connectivity index (χ2v) is 6.46. The van der Waals surface area contributed by atoms with Crippen LogP contribution in [0.1, 0.15) is 64.7 Å². The highest BCUT2D eigenvalue weighted by Gasteiger charge is 2.40. The molecular formula is C15H25N3O2. The average molecular weight is 279 g/mol. The van der Waals surface area contributed by atoms with Crippen molar-refractivity contribution in [3.05, 3.63) is 18.2 Å². The average Bonchev–Trinajstić information content (AvgIpc) is 3.01. The van der Waals surface area contributed by atoms with Crippen LogP contribution in [0.4, 0.5) is 0 Å². The third kappa shape index (κ3) is 3.20. The molecule has 2 rings (SSSR count). The number of aromatic nitrogens is 2. The summed E-state index contributed by atoms with van der Waals surface area (Å²) in [6, 6.07) is 0.470. The van der Waals surface area contributed by atoms with Gasteiger partial charge in [0.15, 0.2) is 0 Å². The van der Waals surface area contributed by atoms with Gasteiger partial charge in [0.25, 0.3) is 0 Å². The Hall–Kier alpha value is -1.36. The van der Waals surface area contributed by atoms with Gasteiger partial charge in [-0.15, -0.1) is 0 Å². The topological polar surface area (TPSA) is 67.2 Å². The van der Waals surface area contributed by atoms with E-state index in [1.807, 2.05) is 6.20 Å². The van der Waals surface area contributed by atoms with Crippen molar-refractivity contribution in [2.75, 3.05) is 0 Å². The maximum absolute atomic E-state index is 11.6. The van der Waals surface area contributed by atoms with Gasteiger partial charge in [0.05, 0.1) is 0 Å². The highest BCUT2D eigenvalue weighted by Crippen LogP contribution is 2.29. The van der Waals surface area contributed by atoms with Gasteiger partial charge >= 0.3 is 5.97 Å². The molecule has 1 saturated carbocycles. The summed E-state index contributed by atoms with van der Waals surface area (Å²) in [5, 5.41) is 12.8. The number of nitrogens with one attached hydrogen (secondary N) is 1. The van der Waals surface area contributed by atoms with E-state index < -0.39 is 11.5 Å². The van der Waals surface area contributed by atoms with Crippen molar-refractivity contribution in [3.8, 4) is 0 Å². The van der Waals surface area contributed by atoms with Gasteiger partial charge in [-0.05, 0) is 33.1 Å². The van der Waals surface area contributed by atoms with Gasteiger partial charge in [0.2, 0.25) is 0 Å². The molecule has 0 bridgehead atoms. The largest absolute Gasteiger partial charge is 0.480 e. The fourth-order valence-corrected chi connectivity index (χ4v) is 2.72. The van der Waals surface area contributed by atoms with E-state index in [9.17, 15) is 9.90 Å². The zero-order valence-corrected chi connectivity index (χ0v) is 12.8. The Kier molecular flexibility index (Phi) is 4.18. The molecule has 5 nitrogen and oxygen atoms in total. The van der Waals surface area contributed by atoms with Gasteiger partial charge in [-0.2, -0.15) is 0 Å². The molecule has 112 valence electrons. The number of aliphatic carboxylic acids is 1. The zero-order chi connectivity index (χ0) is 14.9. The lowest BCUT2D eigenvalue weighted by Crippen LogP contribution is -2.51. The first-order valence-electron chi connectivity index (χ1n) is 7.37. The van der Waals surface area contributed by atoms with Crippen LogP contribution in [0.5, 0.6) is 0 Å². The van der Waals surface area contributed by atoms with Crippen molar-refractivity contribution in [1.29, 1.82) is 0 Å². The predicted octanol–water partition coefficient (Wildman–Crippen LogP) is 2.55. The monoisotopic (exact) mass is 279 g/mol. The molecule has 2 N–H and O–H groups in total. The number of carboxylic acid groups (broad SMARTS) is 1. The zero-order valence-electron chi connectivity index (χ0n) is 12.8. The minimum atomic E-state index is -0.876. The molecule has 5 heteroatoms. The number of hydrogen-bond donors (Lipinski definition) is 2. The van der Waals surface area contributed by atoms with E-state index in [0.29, 0.717) is 18.4 Å². The second-order valence-electron chi connectivity index (χ2n) is 6.46. The van der Waals surface area contributed by atoms with E-state index >= 15 is 0 Å². The van der Waals surface area contributed by atoms with Crippen molar-refractivity contribution < 1.29 is 9.90 Å². The summed E-state index contributed by atoms with van der Waals surface area (Å²) in [7, 11) is 0. The Labute approximate surface area is 120 Å². The summed E-state index contributed by atoms with van der Waals surface area (Å²) in [5.41, 5.74) is -0.876. The molecule has 1 aromatic heterocycles. The lowest BCUT2D eigenvalue weighted by Gasteiger charge is -2.30. The number of rotatable bonds is 7. The van der Waals surface area contributed by atoms with Crippen LogP contribution in [0.3, 0.4) is 0 Å². The van der Waals surface area contributed by atoms with Crippen LogP contribution >= 0.6 is 0 Å². The van der Waals surface area contributed by atoms with Crippen molar-refractivity contribution in [2.45, 2.75) is 70.5 Å². The Morgan fingerprint density at radius 1 is 1.55 bits per heavy atom. The SMILES string of the molecule is CC(C)c1nccn1C(C)CC(C)(NC1CC1)C(=O)O. The Bertz CT molecular complexity index is 479. The summed E-state index contributed by atoms with van der Waals surface area (Å²) >= 11 is 0. The molecule has 2 atom stereocenters. The van der Waals surface area contributed by atoms with Crippen LogP contribution in [0.25, 0.3) is 0 Å². The molecule has 20 heavy (non-hydrogen) atoms. The molecule has 1 aliphatic rings. The Morgan fingerprint density at radius 2 is 2.20 bits per heavy atom. The van der Waals surface area contributed by atoms with E-state index in [4.69, 9.17) is 0 Å². The Balaban J connectivity index is 2.13. The smallest absolute Gasteiger partial charge is 0.323 e. The van der Waals surface area contributed by atoms with Crippen LogP contribution in [0, 0.1) is 0 Å². The van der Waals surface area contributed by atoms with E-state index in [1.54, 1.807) is 13.1 Å². The molecule has 1 heterocycles. The summed E-state index contributed by atoms with van der Waals surface area (Å²) in [6.45, 7) is 8.05. The third-order valence-electron chi connectivity index (χ3n) is 3.97. The van der Waals surface area contributed by atoms with Gasteiger partial charge in [0.1, 0.15) is 11.4 Å². The fraction of sp³-hybridized carbons (Fsp3) is 0.733. The van der Waals surface area contributed by atoms with Crippen LogP contribution in [-0.4, -0.2) is 32.2 Å². The minimum absolute atomic E-state index is 0.0993. The van der Waals surface area contributed by atoms with Crippen LogP contribution in [-0.2, 0) is 4.79 Å². The van der Waals surface area contributed by atoms with Crippen LogP contribution in [0.15, 0.2) is 12.4 Å². The van der Waals surface area contributed by atoms with E-state index in [2.05, 4.69) is 35.6 Å². The Morgan fingerprint density at radius 3 is 2.70 bits per heavy atom. The number of carbonyl (C=O) groups is 1. The van der Waals surface area contributed by atoms with Gasteiger partial charge in [-0.1, -0.05) is 13.8 Å². The lowest BCUT2D eigenvalue weighted by molar-refractivity contribution is -0.145. The predicted molar refractivity (Wildman–Crippen MR) is 77.8 cm³/mol. The summed E-state index contributed by atoms with van der Waals surface area (Å²) in [5.74, 6) is 0.569. The van der Waals surface area contributed by atoms with E-state index in [1.165, 1.54) is 0 Å². The molecular weight excluding hydrogens is 254 g/mol. The van der Waals surface area contributed by atoms with Crippen LogP contribution in [0.2, 0.25) is 0 Å². The molecule has 1 aromatic rings. The van der Waals surface area contributed by atoms with Crippen molar-refractivity contribution >= 4 is 5.97 Å². The van der Waals surface area contributed by atoms with Crippen molar-refractivity contribution in [1.82, 2.24) is 14.9 Å². The maximum atomic E-state index is 11.6. The molecule has 1 aliphatic carbocycles. The maximum Gasteiger partial charge on any atom is 0.323 e. The first-order chi connectivity index (χ1) is 9.33. The summed E-state index contributed by atoms with van der Waals surface area (Å²) < 4.78 is 2.10. The van der Waals surface area contributed by atoms with Crippen LogP contribution < -0.4 is 5.32 Å².